The SMILES string of the molecule is COc1ccc(C(CNC(=O)C(C)SCC(=O)Nc2ccc(C)cc2)N2CCCC2)cc1. The van der Waals surface area contributed by atoms with Crippen LogP contribution in [0.4, 0.5) is 5.69 Å². The fourth-order valence-corrected chi connectivity index (χ4v) is 4.50. The van der Waals surface area contributed by atoms with Crippen LogP contribution in [0, 0.1) is 6.92 Å². The molecule has 2 unspecified atom stereocenters. The average Bonchev–Trinajstić information content (AvgIpc) is 3.34. The van der Waals surface area contributed by atoms with Gasteiger partial charge < -0.3 is 15.4 Å². The fraction of sp³-hybridized carbons (Fsp3) is 0.440. The highest BCUT2D eigenvalue weighted by Crippen LogP contribution is 2.26. The van der Waals surface area contributed by atoms with Gasteiger partial charge in [-0.25, -0.2) is 0 Å². The number of nitrogens with zero attached hydrogens (tertiary/aromatic N) is 1. The third-order valence-corrected chi connectivity index (χ3v) is 6.86. The number of methoxy groups -OCH3 is 1. The van der Waals surface area contributed by atoms with Crippen LogP contribution < -0.4 is 15.4 Å². The lowest BCUT2D eigenvalue weighted by Crippen LogP contribution is -2.39. The van der Waals surface area contributed by atoms with Gasteiger partial charge in [-0.15, -0.1) is 11.8 Å². The Morgan fingerprint density at radius 2 is 1.72 bits per heavy atom. The van der Waals surface area contributed by atoms with Crippen molar-refractivity contribution in [1.82, 2.24) is 10.2 Å². The van der Waals surface area contributed by atoms with Crippen molar-refractivity contribution in [2.24, 2.45) is 0 Å². The van der Waals surface area contributed by atoms with Crippen molar-refractivity contribution in [2.45, 2.75) is 38.0 Å². The van der Waals surface area contributed by atoms with Crippen LogP contribution in [-0.2, 0) is 9.59 Å². The minimum absolute atomic E-state index is 0.0455. The summed E-state index contributed by atoms with van der Waals surface area (Å²) in [6.45, 7) is 6.47. The third-order valence-electron chi connectivity index (χ3n) is 5.72. The second kappa shape index (κ2) is 11.9. The van der Waals surface area contributed by atoms with Gasteiger partial charge in [0.25, 0.3) is 0 Å². The third kappa shape index (κ3) is 7.00. The molecular weight excluding hydrogens is 422 g/mol. The number of aryl methyl sites for hydroxylation is 1. The molecule has 172 valence electrons. The van der Waals surface area contributed by atoms with Gasteiger partial charge in [0.15, 0.2) is 0 Å². The molecule has 0 bridgehead atoms. The van der Waals surface area contributed by atoms with E-state index in [-0.39, 0.29) is 28.9 Å². The number of carbonyl (C=O) groups is 2. The Balaban J connectivity index is 1.49. The predicted octanol–water partition coefficient (Wildman–Crippen LogP) is 4.02. The molecule has 2 N–H and O–H groups in total. The molecule has 0 radical (unpaired) electrons. The molecule has 7 heteroatoms. The zero-order valence-electron chi connectivity index (χ0n) is 19.1. The summed E-state index contributed by atoms with van der Waals surface area (Å²) in [5.74, 6) is 0.908. The first-order valence-corrected chi connectivity index (χ1v) is 12.1. The van der Waals surface area contributed by atoms with E-state index in [1.54, 1.807) is 7.11 Å². The Labute approximate surface area is 195 Å². The van der Waals surface area contributed by atoms with E-state index in [2.05, 4.69) is 27.7 Å². The maximum absolute atomic E-state index is 12.7. The average molecular weight is 456 g/mol. The van der Waals surface area contributed by atoms with Gasteiger partial charge in [-0.2, -0.15) is 0 Å². The van der Waals surface area contributed by atoms with Gasteiger partial charge in [-0.1, -0.05) is 29.8 Å². The van der Waals surface area contributed by atoms with Crippen LogP contribution >= 0.6 is 11.8 Å². The number of benzene rings is 2. The van der Waals surface area contributed by atoms with Crippen LogP contribution in [0.2, 0.25) is 0 Å². The second-order valence-corrected chi connectivity index (χ2v) is 9.47. The summed E-state index contributed by atoms with van der Waals surface area (Å²) in [7, 11) is 1.66. The van der Waals surface area contributed by atoms with Crippen LogP contribution in [0.3, 0.4) is 0 Å². The first-order chi connectivity index (χ1) is 15.5. The van der Waals surface area contributed by atoms with Crippen LogP contribution in [-0.4, -0.2) is 54.5 Å². The van der Waals surface area contributed by atoms with E-state index in [4.69, 9.17) is 4.74 Å². The Bertz CT molecular complexity index is 880. The number of carbonyl (C=O) groups excluding carboxylic acids is 2. The van der Waals surface area contributed by atoms with Crippen LogP contribution in [0.25, 0.3) is 0 Å². The van der Waals surface area contributed by atoms with E-state index in [1.165, 1.54) is 30.2 Å². The Hall–Kier alpha value is -2.51. The highest BCUT2D eigenvalue weighted by atomic mass is 32.2. The topological polar surface area (TPSA) is 70.7 Å². The number of hydrogen-bond acceptors (Lipinski definition) is 5. The zero-order valence-corrected chi connectivity index (χ0v) is 19.9. The summed E-state index contributed by atoms with van der Waals surface area (Å²) in [4.78, 5) is 27.3. The van der Waals surface area contributed by atoms with Crippen molar-refractivity contribution in [2.75, 3.05) is 37.8 Å². The lowest BCUT2D eigenvalue weighted by atomic mass is 10.1. The molecule has 2 aromatic rings. The van der Waals surface area contributed by atoms with Gasteiger partial charge in [0.05, 0.1) is 24.2 Å². The molecule has 2 aromatic carbocycles. The van der Waals surface area contributed by atoms with E-state index in [0.29, 0.717) is 6.54 Å². The molecule has 1 saturated heterocycles. The maximum atomic E-state index is 12.7. The number of thioether (sulfide) groups is 1. The van der Waals surface area contributed by atoms with E-state index in [1.807, 2.05) is 50.2 Å². The van der Waals surface area contributed by atoms with Crippen molar-refractivity contribution < 1.29 is 14.3 Å². The molecule has 1 aliphatic rings. The molecular formula is C25H33N3O3S. The van der Waals surface area contributed by atoms with Gasteiger partial charge in [0.1, 0.15) is 5.75 Å². The number of ether oxygens (including phenoxy) is 1. The molecule has 0 aromatic heterocycles. The molecule has 0 aliphatic carbocycles. The first kappa shape index (κ1) is 24.1. The lowest BCUT2D eigenvalue weighted by Gasteiger charge is -2.28. The van der Waals surface area contributed by atoms with Gasteiger partial charge >= 0.3 is 0 Å². The highest BCUT2D eigenvalue weighted by Gasteiger charge is 2.25. The number of hydrogen-bond donors (Lipinski definition) is 2. The zero-order chi connectivity index (χ0) is 22.9. The molecule has 0 saturated carbocycles. The van der Waals surface area contributed by atoms with E-state index < -0.39 is 0 Å². The smallest absolute Gasteiger partial charge is 0.234 e. The van der Waals surface area contributed by atoms with Crippen molar-refractivity contribution >= 4 is 29.3 Å². The molecule has 3 rings (SSSR count). The standard InChI is InChI=1S/C25H33N3O3S/c1-18-6-10-21(11-7-18)27-24(29)17-32-19(2)25(30)26-16-23(28-14-4-5-15-28)20-8-12-22(31-3)13-9-20/h6-13,19,23H,4-5,14-17H2,1-3H3,(H,26,30)(H,27,29). The predicted molar refractivity (Wildman–Crippen MR) is 131 cm³/mol. The summed E-state index contributed by atoms with van der Waals surface area (Å²) >= 11 is 1.35. The van der Waals surface area contributed by atoms with Crippen LogP contribution in [0.1, 0.15) is 36.9 Å². The summed E-state index contributed by atoms with van der Waals surface area (Å²) in [5, 5.41) is 5.66. The molecule has 32 heavy (non-hydrogen) atoms. The number of nitrogens with one attached hydrogen (secondary N) is 2. The van der Waals surface area contributed by atoms with Crippen LogP contribution in [0.15, 0.2) is 48.5 Å². The molecule has 1 heterocycles. The van der Waals surface area contributed by atoms with Gasteiger partial charge in [0, 0.05) is 12.2 Å². The normalized spacial score (nSPS) is 15.7. The minimum Gasteiger partial charge on any atom is -0.497 e. The molecule has 6 nitrogen and oxygen atoms in total. The van der Waals surface area contributed by atoms with Crippen LogP contribution in [0.5, 0.6) is 5.75 Å². The largest absolute Gasteiger partial charge is 0.497 e. The Morgan fingerprint density at radius 3 is 2.34 bits per heavy atom. The monoisotopic (exact) mass is 455 g/mol. The van der Waals surface area contributed by atoms with Crippen molar-refractivity contribution in [1.29, 1.82) is 0 Å². The molecule has 1 aliphatic heterocycles. The summed E-state index contributed by atoms with van der Waals surface area (Å²) in [6.07, 6.45) is 2.37. The first-order valence-electron chi connectivity index (χ1n) is 11.1. The summed E-state index contributed by atoms with van der Waals surface area (Å²) < 4.78 is 5.27. The summed E-state index contributed by atoms with van der Waals surface area (Å²) in [5.41, 5.74) is 3.08. The quantitative estimate of drug-likeness (QED) is 0.566. The molecule has 1 fully saturated rings. The lowest BCUT2D eigenvalue weighted by molar-refractivity contribution is -0.120. The van der Waals surface area contributed by atoms with Crippen molar-refractivity contribution in [3.63, 3.8) is 0 Å². The minimum atomic E-state index is -0.311. The van der Waals surface area contributed by atoms with Gasteiger partial charge in [-0.3, -0.25) is 14.5 Å². The molecule has 0 spiro atoms. The fourth-order valence-electron chi connectivity index (χ4n) is 3.79. The number of amides is 2. The summed E-state index contributed by atoms with van der Waals surface area (Å²) in [6, 6.07) is 15.9. The van der Waals surface area contributed by atoms with E-state index in [9.17, 15) is 9.59 Å². The number of likely N-dealkylation sites (tertiary alicyclic amines) is 1. The van der Waals surface area contributed by atoms with Crippen molar-refractivity contribution in [3.8, 4) is 5.75 Å². The van der Waals surface area contributed by atoms with Gasteiger partial charge in [-0.05, 0) is 69.6 Å². The number of anilines is 1. The number of rotatable bonds is 10. The highest BCUT2D eigenvalue weighted by molar-refractivity contribution is 8.01. The molecule has 2 amide bonds. The Morgan fingerprint density at radius 1 is 1.06 bits per heavy atom. The van der Waals surface area contributed by atoms with E-state index >= 15 is 0 Å². The Kier molecular flexibility index (Phi) is 9.00. The second-order valence-electron chi connectivity index (χ2n) is 8.14. The van der Waals surface area contributed by atoms with Crippen molar-refractivity contribution in [3.05, 3.63) is 59.7 Å². The van der Waals surface area contributed by atoms with E-state index in [0.717, 1.165) is 30.1 Å². The maximum Gasteiger partial charge on any atom is 0.234 e. The molecule has 2 atom stereocenters. The van der Waals surface area contributed by atoms with Gasteiger partial charge in [0.2, 0.25) is 11.8 Å².